The van der Waals surface area contributed by atoms with E-state index in [2.05, 4.69) is 25.6 Å². The molecule has 8 nitrogen and oxygen atoms in total. The van der Waals surface area contributed by atoms with Crippen molar-refractivity contribution >= 4 is 11.6 Å². The van der Waals surface area contributed by atoms with E-state index < -0.39 is 23.5 Å². The molecule has 2 aliphatic carbocycles. The molecule has 0 bridgehead atoms. The van der Waals surface area contributed by atoms with Crippen LogP contribution in [0.2, 0.25) is 0 Å². The van der Waals surface area contributed by atoms with E-state index in [4.69, 9.17) is 0 Å². The van der Waals surface area contributed by atoms with Crippen LogP contribution in [-0.2, 0) is 18.9 Å². The quantitative estimate of drug-likeness (QED) is 0.136. The van der Waals surface area contributed by atoms with Gasteiger partial charge in [-0.25, -0.2) is 9.97 Å². The maximum atomic E-state index is 13.5. The van der Waals surface area contributed by atoms with Gasteiger partial charge in [-0.05, 0) is 80.5 Å². The zero-order valence-corrected chi connectivity index (χ0v) is 30.5. The molecule has 0 amide bonds. The number of alkyl halides is 6. The molecule has 55 heavy (non-hydrogen) atoms. The minimum Gasteiger partial charge on any atom is -0.367 e. The van der Waals surface area contributed by atoms with Gasteiger partial charge in [-0.15, -0.1) is 0 Å². The molecule has 3 aromatic carbocycles. The molecule has 290 valence electrons. The van der Waals surface area contributed by atoms with E-state index in [0.29, 0.717) is 46.5 Å². The van der Waals surface area contributed by atoms with Crippen LogP contribution < -0.4 is 21.8 Å². The van der Waals surface area contributed by atoms with Crippen molar-refractivity contribution in [3.63, 3.8) is 0 Å². The highest BCUT2D eigenvalue weighted by Crippen LogP contribution is 2.34. The fraction of sp³-hybridized carbons (Fsp3) is 0.366. The zero-order valence-electron chi connectivity index (χ0n) is 30.5. The lowest BCUT2D eigenvalue weighted by Gasteiger charge is -2.19. The van der Waals surface area contributed by atoms with Gasteiger partial charge in [-0.1, -0.05) is 80.3 Å². The number of hydrogen-bond donors (Lipinski definition) is 3. The molecule has 7 rings (SSSR count). The van der Waals surface area contributed by atoms with Crippen molar-refractivity contribution in [2.75, 3.05) is 10.6 Å². The van der Waals surface area contributed by atoms with Gasteiger partial charge in [0.05, 0.1) is 28.8 Å². The van der Waals surface area contributed by atoms with Crippen LogP contribution in [0, 0.1) is 13.8 Å². The van der Waals surface area contributed by atoms with Gasteiger partial charge in [-0.2, -0.15) is 26.3 Å². The molecular weight excluding hydrogens is 722 g/mol. The Morgan fingerprint density at radius 1 is 0.655 bits per heavy atom. The molecule has 5 aromatic rings. The molecule has 2 aliphatic rings. The van der Waals surface area contributed by atoms with Gasteiger partial charge < -0.3 is 15.6 Å². The van der Waals surface area contributed by atoms with Gasteiger partial charge in [-0.3, -0.25) is 14.2 Å². The number of aromatic amines is 1. The average Bonchev–Trinajstić information content (AvgIpc) is 3.85. The predicted octanol–water partition coefficient (Wildman–Crippen LogP) is 9.76. The first-order valence-corrected chi connectivity index (χ1v) is 18.3. The SMILES string of the molecule is Cc1nc(NC2CCCC2)c(-c2ccc(C(F)(F)F)cc2)c(=O)[nH]1.Cc1nc(NC2CCCC2)c(-c2ccc(C(F)(F)F)cc2)c(=O)n1Cc1ccccc1. The summed E-state index contributed by atoms with van der Waals surface area (Å²) in [4.78, 5) is 37.5. The monoisotopic (exact) mass is 764 g/mol. The normalized spacial score (nSPS) is 15.1. The highest BCUT2D eigenvalue weighted by Gasteiger charge is 2.31. The minimum atomic E-state index is -4.43. The summed E-state index contributed by atoms with van der Waals surface area (Å²) in [5.41, 5.74) is 0.261. The van der Waals surface area contributed by atoms with Crippen molar-refractivity contribution in [1.29, 1.82) is 0 Å². The Labute approximate surface area is 314 Å². The molecule has 0 unspecified atom stereocenters. The van der Waals surface area contributed by atoms with Gasteiger partial charge in [0.15, 0.2) is 0 Å². The van der Waals surface area contributed by atoms with E-state index in [1.54, 1.807) is 18.4 Å². The van der Waals surface area contributed by atoms with E-state index in [1.165, 1.54) is 24.3 Å². The third-order valence-electron chi connectivity index (χ3n) is 9.98. The molecule has 0 spiro atoms. The number of halogens is 6. The first-order valence-electron chi connectivity index (χ1n) is 18.3. The maximum Gasteiger partial charge on any atom is 0.416 e. The third kappa shape index (κ3) is 9.65. The van der Waals surface area contributed by atoms with Crippen LogP contribution in [0.3, 0.4) is 0 Å². The number of aromatic nitrogens is 4. The molecule has 2 heterocycles. The highest BCUT2D eigenvalue weighted by molar-refractivity contribution is 5.76. The summed E-state index contributed by atoms with van der Waals surface area (Å²) < 4.78 is 78.8. The number of H-pyrrole nitrogens is 1. The second-order valence-electron chi connectivity index (χ2n) is 14.0. The van der Waals surface area contributed by atoms with E-state index in [9.17, 15) is 35.9 Å². The number of aryl methyl sites for hydroxylation is 2. The van der Waals surface area contributed by atoms with Gasteiger partial charge in [0.25, 0.3) is 11.1 Å². The number of rotatable bonds is 8. The number of anilines is 2. The topological polar surface area (TPSA) is 105 Å². The number of hydrogen-bond acceptors (Lipinski definition) is 6. The highest BCUT2D eigenvalue weighted by atomic mass is 19.4. The lowest BCUT2D eigenvalue weighted by Crippen LogP contribution is -2.29. The van der Waals surface area contributed by atoms with Gasteiger partial charge in [0, 0.05) is 12.1 Å². The molecule has 0 atom stereocenters. The fourth-order valence-corrected chi connectivity index (χ4v) is 7.12. The Hall–Kier alpha value is -5.40. The summed E-state index contributed by atoms with van der Waals surface area (Å²) in [5, 5.41) is 6.66. The summed E-state index contributed by atoms with van der Waals surface area (Å²) >= 11 is 0. The van der Waals surface area contributed by atoms with Crippen molar-refractivity contribution in [2.45, 2.75) is 96.2 Å². The number of nitrogens with zero attached hydrogens (tertiary/aromatic N) is 3. The third-order valence-corrected chi connectivity index (χ3v) is 9.98. The molecule has 0 saturated heterocycles. The Morgan fingerprint density at radius 2 is 1.11 bits per heavy atom. The van der Waals surface area contributed by atoms with Crippen LogP contribution in [0.15, 0.2) is 88.5 Å². The molecule has 14 heteroatoms. The van der Waals surface area contributed by atoms with Gasteiger partial charge in [0.2, 0.25) is 0 Å². The molecular formula is C41H42F6N6O2. The first-order chi connectivity index (χ1) is 26.2. The summed E-state index contributed by atoms with van der Waals surface area (Å²) in [6, 6.07) is 19.3. The van der Waals surface area contributed by atoms with Crippen LogP contribution in [0.4, 0.5) is 38.0 Å². The molecule has 3 N–H and O–H groups in total. The largest absolute Gasteiger partial charge is 0.416 e. The van der Waals surface area contributed by atoms with E-state index >= 15 is 0 Å². The van der Waals surface area contributed by atoms with Crippen molar-refractivity contribution in [3.8, 4) is 22.3 Å². The Kier molecular flexibility index (Phi) is 11.8. The van der Waals surface area contributed by atoms with Crippen LogP contribution in [0.5, 0.6) is 0 Å². The van der Waals surface area contributed by atoms with E-state index in [-0.39, 0.29) is 28.8 Å². The smallest absolute Gasteiger partial charge is 0.367 e. The fourth-order valence-electron chi connectivity index (χ4n) is 7.12. The lowest BCUT2D eigenvalue weighted by molar-refractivity contribution is -0.138. The van der Waals surface area contributed by atoms with Crippen molar-refractivity contribution in [1.82, 2.24) is 19.5 Å². The Morgan fingerprint density at radius 3 is 1.58 bits per heavy atom. The van der Waals surface area contributed by atoms with Crippen LogP contribution in [0.25, 0.3) is 22.3 Å². The first kappa shape index (κ1) is 39.3. The number of nitrogens with one attached hydrogen (secondary N) is 3. The standard InChI is InChI=1S/C24H24F3N3O.C17H18F3N3O/c1-16-28-22(29-20-9-5-6-10-20)21(18-11-13-19(14-12-18)24(25,26)27)23(31)30(16)15-17-7-3-2-4-8-17;1-10-21-15(23-13-4-2-3-5-13)14(16(24)22-10)11-6-8-12(9-7-11)17(18,19)20/h2-4,7-8,11-14,20,29H,5-6,9-10,15H2,1H3;6-9,13H,2-5H2,1H3,(H2,21,22,23,24). The summed E-state index contributed by atoms with van der Waals surface area (Å²) in [7, 11) is 0. The van der Waals surface area contributed by atoms with Crippen molar-refractivity contribution in [3.05, 3.63) is 128 Å². The van der Waals surface area contributed by atoms with Gasteiger partial charge >= 0.3 is 12.4 Å². The maximum absolute atomic E-state index is 13.5. The molecule has 0 radical (unpaired) electrons. The zero-order chi connectivity index (χ0) is 39.3. The van der Waals surface area contributed by atoms with Crippen molar-refractivity contribution in [2.24, 2.45) is 0 Å². The Bertz CT molecular complexity index is 2190. The molecule has 2 saturated carbocycles. The average molecular weight is 765 g/mol. The second kappa shape index (κ2) is 16.5. The van der Waals surface area contributed by atoms with E-state index in [0.717, 1.165) is 81.2 Å². The van der Waals surface area contributed by atoms with Crippen LogP contribution in [-0.4, -0.2) is 31.6 Å². The second-order valence-corrected chi connectivity index (χ2v) is 14.0. The van der Waals surface area contributed by atoms with Crippen molar-refractivity contribution < 1.29 is 26.3 Å². The lowest BCUT2D eigenvalue weighted by atomic mass is 10.0. The van der Waals surface area contributed by atoms with Gasteiger partial charge in [0.1, 0.15) is 23.3 Å². The molecule has 2 fully saturated rings. The predicted molar refractivity (Wildman–Crippen MR) is 201 cm³/mol. The summed E-state index contributed by atoms with van der Waals surface area (Å²) in [6.07, 6.45) is -0.399. The van der Waals surface area contributed by atoms with Crippen LogP contribution >= 0.6 is 0 Å². The molecule has 2 aromatic heterocycles. The Balaban J connectivity index is 0.000000193. The summed E-state index contributed by atoms with van der Waals surface area (Å²) in [5.74, 6) is 1.91. The van der Waals surface area contributed by atoms with Crippen LogP contribution in [0.1, 0.15) is 79.7 Å². The summed E-state index contributed by atoms with van der Waals surface area (Å²) in [6.45, 7) is 3.80. The molecule has 0 aliphatic heterocycles. The number of benzene rings is 3. The minimum absolute atomic E-state index is 0.212. The van der Waals surface area contributed by atoms with E-state index in [1.807, 2.05) is 30.3 Å².